The summed E-state index contributed by atoms with van der Waals surface area (Å²) in [6, 6.07) is 1.70. The Hall–Kier alpha value is -1.83. The zero-order chi connectivity index (χ0) is 12.5. The third-order valence-corrected chi connectivity index (χ3v) is 3.46. The molecule has 0 aliphatic carbocycles. The van der Waals surface area contributed by atoms with Crippen molar-refractivity contribution in [1.82, 2.24) is 15.4 Å². The van der Waals surface area contributed by atoms with Crippen LogP contribution in [-0.2, 0) is 9.53 Å². The van der Waals surface area contributed by atoms with Crippen LogP contribution in [0.25, 0.3) is 11.6 Å². The van der Waals surface area contributed by atoms with E-state index in [2.05, 4.69) is 15.4 Å². The van der Waals surface area contributed by atoms with E-state index >= 15 is 0 Å². The largest absolute Gasteiger partial charge is 0.465 e. The minimum Gasteiger partial charge on any atom is -0.465 e. The van der Waals surface area contributed by atoms with Crippen molar-refractivity contribution < 1.29 is 18.5 Å². The molecular weight excluding hydrogens is 258 g/mol. The van der Waals surface area contributed by atoms with Crippen LogP contribution in [0.15, 0.2) is 20.2 Å². The highest BCUT2D eigenvalue weighted by molar-refractivity contribution is 8.00. The zero-order valence-electron chi connectivity index (χ0n) is 9.45. The van der Waals surface area contributed by atoms with Crippen LogP contribution in [0.1, 0.15) is 12.2 Å². The molecule has 2 aromatic rings. The maximum Gasteiger partial charge on any atom is 0.319 e. The number of carbonyl (C=O) groups is 1. The fourth-order valence-electron chi connectivity index (χ4n) is 1.53. The maximum atomic E-state index is 11.3. The van der Waals surface area contributed by atoms with Crippen molar-refractivity contribution in [2.45, 2.75) is 23.8 Å². The number of ether oxygens (including phenoxy) is 1. The predicted molar refractivity (Wildman–Crippen MR) is 59.8 cm³/mol. The molecule has 1 aliphatic rings. The summed E-state index contributed by atoms with van der Waals surface area (Å²) in [5.41, 5.74) is 0.487. The van der Waals surface area contributed by atoms with Crippen LogP contribution < -0.4 is 0 Å². The third-order valence-electron chi connectivity index (χ3n) is 2.38. The Bertz CT molecular complexity index is 579. The van der Waals surface area contributed by atoms with Gasteiger partial charge in [0, 0.05) is 12.5 Å². The molecule has 3 heterocycles. The lowest BCUT2D eigenvalue weighted by Crippen LogP contribution is -2.09. The molecule has 0 aromatic carbocycles. The Morgan fingerprint density at radius 3 is 3.00 bits per heavy atom. The van der Waals surface area contributed by atoms with Gasteiger partial charge in [0.05, 0.1) is 6.61 Å². The highest BCUT2D eigenvalue weighted by Gasteiger charge is 2.29. The molecule has 0 radical (unpaired) electrons. The summed E-state index contributed by atoms with van der Waals surface area (Å²) in [7, 11) is 0. The first-order chi connectivity index (χ1) is 8.72. The van der Waals surface area contributed by atoms with Crippen molar-refractivity contribution in [2.24, 2.45) is 0 Å². The van der Waals surface area contributed by atoms with E-state index in [-0.39, 0.29) is 17.1 Å². The van der Waals surface area contributed by atoms with Gasteiger partial charge in [-0.05, 0) is 18.7 Å². The van der Waals surface area contributed by atoms with Crippen LogP contribution in [0, 0.1) is 6.92 Å². The molecule has 1 atom stereocenters. The molecule has 1 fully saturated rings. The van der Waals surface area contributed by atoms with E-state index in [1.54, 1.807) is 13.0 Å². The number of hydrogen-bond donors (Lipinski definition) is 0. The predicted octanol–water partition coefficient (Wildman–Crippen LogP) is 1.44. The van der Waals surface area contributed by atoms with Gasteiger partial charge < -0.3 is 13.7 Å². The van der Waals surface area contributed by atoms with Gasteiger partial charge in [-0.3, -0.25) is 4.79 Å². The van der Waals surface area contributed by atoms with Crippen LogP contribution >= 0.6 is 11.8 Å². The van der Waals surface area contributed by atoms with Crippen molar-refractivity contribution >= 4 is 17.7 Å². The average Bonchev–Trinajstić information content (AvgIpc) is 3.03. The van der Waals surface area contributed by atoms with Gasteiger partial charge in [0.15, 0.2) is 5.69 Å². The molecule has 7 nitrogen and oxygen atoms in total. The molecule has 0 spiro atoms. The Kier molecular flexibility index (Phi) is 2.78. The van der Waals surface area contributed by atoms with Gasteiger partial charge in [-0.15, -0.1) is 10.2 Å². The Labute approximate surface area is 106 Å². The molecular formula is C10H9N3O4S. The first-order valence-corrected chi connectivity index (χ1v) is 6.21. The number of esters is 1. The molecule has 1 aliphatic heterocycles. The summed E-state index contributed by atoms with van der Waals surface area (Å²) < 4.78 is 15.2. The molecule has 0 bridgehead atoms. The summed E-state index contributed by atoms with van der Waals surface area (Å²) in [4.78, 5) is 11.3. The van der Waals surface area contributed by atoms with Crippen LogP contribution in [0.5, 0.6) is 0 Å². The molecule has 0 amide bonds. The number of rotatable bonds is 3. The highest BCUT2D eigenvalue weighted by Crippen LogP contribution is 2.30. The fraction of sp³-hybridized carbons (Fsp3) is 0.400. The molecule has 18 heavy (non-hydrogen) atoms. The SMILES string of the molecule is Cc1cc(-c2nnc(S[C@@H]3CCOC3=O)o2)no1. The summed E-state index contributed by atoms with van der Waals surface area (Å²) >= 11 is 1.21. The molecule has 0 N–H and O–H groups in total. The lowest BCUT2D eigenvalue weighted by molar-refractivity contribution is -0.137. The number of carbonyl (C=O) groups excluding carboxylic acids is 1. The van der Waals surface area contributed by atoms with Crippen LogP contribution in [0.4, 0.5) is 0 Å². The smallest absolute Gasteiger partial charge is 0.319 e. The summed E-state index contributed by atoms with van der Waals surface area (Å²) in [6.07, 6.45) is 0.657. The topological polar surface area (TPSA) is 91.2 Å². The average molecular weight is 267 g/mol. The van der Waals surface area contributed by atoms with Crippen LogP contribution in [0.3, 0.4) is 0 Å². The lowest BCUT2D eigenvalue weighted by atomic mass is 10.4. The van der Waals surface area contributed by atoms with Gasteiger partial charge in [0.1, 0.15) is 11.0 Å². The number of nitrogens with zero attached hydrogens (tertiary/aromatic N) is 3. The highest BCUT2D eigenvalue weighted by atomic mass is 32.2. The number of aryl methyl sites for hydroxylation is 1. The van der Waals surface area contributed by atoms with Gasteiger partial charge in [-0.25, -0.2) is 0 Å². The summed E-state index contributed by atoms with van der Waals surface area (Å²) in [5, 5.41) is 11.5. The number of thioether (sulfide) groups is 1. The van der Waals surface area contributed by atoms with Gasteiger partial charge in [-0.2, -0.15) is 0 Å². The Balaban J connectivity index is 1.75. The standard InChI is InChI=1S/C10H9N3O4S/c1-5-4-6(13-17-5)8-11-12-10(16-8)18-7-2-3-15-9(7)14/h4,7H,2-3H2,1H3/t7-/m1/s1. The quantitative estimate of drug-likeness (QED) is 0.771. The monoisotopic (exact) mass is 267 g/mol. The van der Waals surface area contributed by atoms with Gasteiger partial charge in [-0.1, -0.05) is 5.16 Å². The molecule has 8 heteroatoms. The van der Waals surface area contributed by atoms with E-state index in [1.807, 2.05) is 0 Å². The minimum atomic E-state index is -0.266. The maximum absolute atomic E-state index is 11.3. The van der Waals surface area contributed by atoms with Gasteiger partial charge in [0.25, 0.3) is 11.1 Å². The molecule has 3 rings (SSSR count). The number of cyclic esters (lactones) is 1. The first kappa shape index (κ1) is 11.3. The molecule has 0 unspecified atom stereocenters. The minimum absolute atomic E-state index is 0.239. The second kappa shape index (κ2) is 4.45. The van der Waals surface area contributed by atoms with Crippen molar-refractivity contribution in [1.29, 1.82) is 0 Å². The van der Waals surface area contributed by atoms with Crippen molar-refractivity contribution in [2.75, 3.05) is 6.61 Å². The Morgan fingerprint density at radius 1 is 1.44 bits per heavy atom. The molecule has 0 saturated carbocycles. The summed E-state index contributed by atoms with van der Waals surface area (Å²) in [6.45, 7) is 2.22. The third kappa shape index (κ3) is 2.10. The Morgan fingerprint density at radius 2 is 2.33 bits per heavy atom. The van der Waals surface area contributed by atoms with Gasteiger partial charge >= 0.3 is 5.97 Å². The molecule has 1 saturated heterocycles. The zero-order valence-corrected chi connectivity index (χ0v) is 10.3. The van der Waals surface area contributed by atoms with E-state index < -0.39 is 0 Å². The van der Waals surface area contributed by atoms with Crippen molar-refractivity contribution in [3.05, 3.63) is 11.8 Å². The van der Waals surface area contributed by atoms with Crippen LogP contribution in [0.2, 0.25) is 0 Å². The molecule has 94 valence electrons. The van der Waals surface area contributed by atoms with E-state index in [4.69, 9.17) is 13.7 Å². The number of aromatic nitrogens is 3. The normalized spacial score (nSPS) is 19.2. The van der Waals surface area contributed by atoms with E-state index in [0.29, 0.717) is 29.7 Å². The molecule has 2 aromatic heterocycles. The second-order valence-electron chi connectivity index (χ2n) is 3.76. The first-order valence-electron chi connectivity index (χ1n) is 5.33. The van der Waals surface area contributed by atoms with E-state index in [1.165, 1.54) is 11.8 Å². The van der Waals surface area contributed by atoms with Crippen molar-refractivity contribution in [3.63, 3.8) is 0 Å². The summed E-state index contributed by atoms with van der Waals surface area (Å²) in [5.74, 6) is 0.703. The van der Waals surface area contributed by atoms with E-state index in [9.17, 15) is 4.79 Å². The van der Waals surface area contributed by atoms with Gasteiger partial charge in [0.2, 0.25) is 0 Å². The lowest BCUT2D eigenvalue weighted by Gasteiger charge is -1.98. The number of hydrogen-bond acceptors (Lipinski definition) is 8. The second-order valence-corrected chi connectivity index (χ2v) is 4.91. The fourth-order valence-corrected chi connectivity index (χ4v) is 2.37. The van der Waals surface area contributed by atoms with Crippen LogP contribution in [-0.4, -0.2) is 33.2 Å². The van der Waals surface area contributed by atoms with Crippen molar-refractivity contribution in [3.8, 4) is 11.6 Å². The van der Waals surface area contributed by atoms with E-state index in [0.717, 1.165) is 0 Å².